The molecule has 2 aromatic carbocycles. The highest BCUT2D eigenvalue weighted by Crippen LogP contribution is 2.33. The molecule has 2 unspecified atom stereocenters. The van der Waals surface area contributed by atoms with Crippen molar-refractivity contribution in [3.8, 4) is 22.5 Å². The van der Waals surface area contributed by atoms with Crippen molar-refractivity contribution in [1.82, 2.24) is 34.7 Å². The van der Waals surface area contributed by atoms with E-state index in [1.165, 1.54) is 0 Å². The minimum Gasteiger partial charge on any atom is -0.382 e. The van der Waals surface area contributed by atoms with Crippen LogP contribution in [0.25, 0.3) is 22.5 Å². The van der Waals surface area contributed by atoms with Crippen molar-refractivity contribution in [2.45, 2.75) is 58.9 Å². The van der Waals surface area contributed by atoms with Crippen LogP contribution >= 0.6 is 11.6 Å². The van der Waals surface area contributed by atoms with Crippen molar-refractivity contribution in [3.05, 3.63) is 101 Å². The van der Waals surface area contributed by atoms with Crippen LogP contribution in [0.1, 0.15) is 68.6 Å². The number of aliphatic hydroxyl groups is 1. The normalized spacial score (nSPS) is 12.9. The van der Waals surface area contributed by atoms with Gasteiger partial charge in [0.2, 0.25) is 0 Å². The molecule has 0 bridgehead atoms. The summed E-state index contributed by atoms with van der Waals surface area (Å²) in [7, 11) is 0. The summed E-state index contributed by atoms with van der Waals surface area (Å²) in [5.74, 6) is 1.51. The van der Waals surface area contributed by atoms with E-state index in [1.54, 1.807) is 29.2 Å². The Balaban J connectivity index is 1.47. The molecule has 5 rings (SSSR count). The Morgan fingerprint density at radius 3 is 2.41 bits per heavy atom. The van der Waals surface area contributed by atoms with Gasteiger partial charge in [-0.05, 0) is 65.1 Å². The molecule has 5 aromatic rings. The average molecular weight is 572 g/mol. The minimum absolute atomic E-state index is 0.291. The number of nitrogens with zero attached hydrogens (tertiary/aromatic N) is 7. The van der Waals surface area contributed by atoms with Gasteiger partial charge in [-0.3, -0.25) is 4.98 Å². The van der Waals surface area contributed by atoms with E-state index in [1.807, 2.05) is 32.0 Å². The molecule has 9 nitrogen and oxygen atoms in total. The highest BCUT2D eigenvalue weighted by Gasteiger charge is 2.24. The number of aryl methyl sites for hydroxylation is 1. The lowest BCUT2D eigenvalue weighted by atomic mass is 9.98. The Kier molecular flexibility index (Phi) is 9.18. The molecular weight excluding hydrogens is 538 g/mol. The monoisotopic (exact) mass is 571 g/mol. The highest BCUT2D eigenvalue weighted by atomic mass is 35.5. The lowest BCUT2D eigenvalue weighted by Crippen LogP contribution is -2.13. The first-order chi connectivity index (χ1) is 20.0. The Morgan fingerprint density at radius 2 is 1.71 bits per heavy atom. The highest BCUT2D eigenvalue weighted by molar-refractivity contribution is 6.30. The van der Waals surface area contributed by atoms with Crippen LogP contribution in [0.3, 0.4) is 0 Å². The van der Waals surface area contributed by atoms with Crippen molar-refractivity contribution in [2.75, 3.05) is 6.61 Å². The van der Waals surface area contributed by atoms with Crippen LogP contribution in [0.5, 0.6) is 0 Å². The third-order valence-corrected chi connectivity index (χ3v) is 7.37. The third-order valence-electron chi connectivity index (χ3n) is 7.09. The summed E-state index contributed by atoms with van der Waals surface area (Å²) in [6.07, 6.45) is 4.92. The first-order valence-corrected chi connectivity index (χ1v) is 14.3. The number of hydrogen-bond acceptors (Lipinski definition) is 7. The molecule has 0 saturated carbocycles. The largest absolute Gasteiger partial charge is 0.382 e. The number of tetrazole rings is 1. The number of benzene rings is 2. The summed E-state index contributed by atoms with van der Waals surface area (Å²) in [5, 5.41) is 24.0. The summed E-state index contributed by atoms with van der Waals surface area (Å²) >= 11 is 6.63. The lowest BCUT2D eigenvalue weighted by molar-refractivity contribution is 0.0159. The number of aromatic nitrogens is 7. The fourth-order valence-corrected chi connectivity index (χ4v) is 5.28. The molecule has 0 saturated heterocycles. The van der Waals surface area contributed by atoms with Gasteiger partial charge in [0, 0.05) is 37.5 Å². The second-order valence-electron chi connectivity index (χ2n) is 9.82. The third kappa shape index (κ3) is 6.22. The van der Waals surface area contributed by atoms with E-state index in [0.29, 0.717) is 29.8 Å². The average Bonchev–Trinajstić information content (AvgIpc) is 3.61. The smallest absolute Gasteiger partial charge is 0.185 e. The van der Waals surface area contributed by atoms with Crippen molar-refractivity contribution in [3.63, 3.8) is 0 Å². The van der Waals surface area contributed by atoms with E-state index in [4.69, 9.17) is 16.3 Å². The van der Waals surface area contributed by atoms with Crippen molar-refractivity contribution < 1.29 is 9.84 Å². The van der Waals surface area contributed by atoms with Gasteiger partial charge in [0.1, 0.15) is 11.9 Å². The van der Waals surface area contributed by atoms with Crippen LogP contribution in [-0.2, 0) is 17.7 Å². The summed E-state index contributed by atoms with van der Waals surface area (Å²) < 4.78 is 9.49. The first kappa shape index (κ1) is 28.6. The summed E-state index contributed by atoms with van der Waals surface area (Å²) in [6.45, 7) is 7.12. The van der Waals surface area contributed by atoms with Crippen LogP contribution < -0.4 is 0 Å². The number of imidazole rings is 1. The van der Waals surface area contributed by atoms with E-state index in [0.717, 1.165) is 52.9 Å². The topological polar surface area (TPSA) is 104 Å². The predicted molar refractivity (Wildman–Crippen MR) is 158 cm³/mol. The molecule has 0 aliphatic heterocycles. The second kappa shape index (κ2) is 13.2. The Labute approximate surface area is 244 Å². The van der Waals surface area contributed by atoms with E-state index in [-0.39, 0.29) is 6.23 Å². The van der Waals surface area contributed by atoms with Crippen LogP contribution in [-0.4, -0.2) is 46.5 Å². The molecule has 1 N–H and O–H groups in total. The quantitative estimate of drug-likeness (QED) is 0.188. The molecule has 212 valence electrons. The van der Waals surface area contributed by atoms with Gasteiger partial charge in [-0.1, -0.05) is 73.5 Å². The lowest BCUT2D eigenvalue weighted by Gasteiger charge is -2.17. The summed E-state index contributed by atoms with van der Waals surface area (Å²) in [4.78, 5) is 8.72. The number of rotatable bonds is 12. The molecule has 0 aliphatic carbocycles. The van der Waals surface area contributed by atoms with Crippen LogP contribution in [0.4, 0.5) is 0 Å². The molecule has 0 radical (unpaired) electrons. The molecule has 10 heteroatoms. The zero-order valence-corrected chi connectivity index (χ0v) is 24.2. The number of aliphatic hydroxyl groups excluding tert-OH is 1. The van der Waals surface area contributed by atoms with Gasteiger partial charge in [0.15, 0.2) is 17.2 Å². The van der Waals surface area contributed by atoms with E-state index < -0.39 is 6.10 Å². The molecule has 0 spiro atoms. The van der Waals surface area contributed by atoms with E-state index >= 15 is 0 Å². The Hall–Kier alpha value is -3.92. The molecule has 0 aliphatic rings. The number of ether oxygens (including phenoxy) is 1. The van der Waals surface area contributed by atoms with Crippen LogP contribution in [0, 0.1) is 0 Å². The SMILES string of the molecule is CCCCc1nc(Cl)c(C(O)c2ccncc2)n1Cc1ccc(-c2ccccc2-c2nnnn2C(C)OCC)cc1. The maximum atomic E-state index is 11.3. The number of hydrogen-bond donors (Lipinski definition) is 1. The predicted octanol–water partition coefficient (Wildman–Crippen LogP) is 6.28. The van der Waals surface area contributed by atoms with Crippen LogP contribution in [0.15, 0.2) is 73.1 Å². The van der Waals surface area contributed by atoms with Gasteiger partial charge in [0.05, 0.1) is 5.69 Å². The van der Waals surface area contributed by atoms with Gasteiger partial charge in [-0.2, -0.15) is 4.68 Å². The minimum atomic E-state index is -0.912. The maximum Gasteiger partial charge on any atom is 0.185 e. The van der Waals surface area contributed by atoms with Gasteiger partial charge in [-0.15, -0.1) is 5.10 Å². The zero-order valence-electron chi connectivity index (χ0n) is 23.5. The fraction of sp³-hybridized carbons (Fsp3) is 0.323. The van der Waals surface area contributed by atoms with Crippen molar-refractivity contribution >= 4 is 11.6 Å². The van der Waals surface area contributed by atoms with Gasteiger partial charge in [0.25, 0.3) is 0 Å². The molecule has 41 heavy (non-hydrogen) atoms. The number of halogens is 1. The van der Waals surface area contributed by atoms with Crippen LogP contribution in [0.2, 0.25) is 5.15 Å². The van der Waals surface area contributed by atoms with E-state index in [9.17, 15) is 5.11 Å². The summed E-state index contributed by atoms with van der Waals surface area (Å²) in [5.41, 5.74) is 5.35. The van der Waals surface area contributed by atoms with Crippen molar-refractivity contribution in [2.24, 2.45) is 0 Å². The number of unbranched alkanes of at least 4 members (excludes halogenated alkanes) is 1. The fourth-order valence-electron chi connectivity index (χ4n) is 4.98. The maximum absolute atomic E-state index is 11.3. The van der Waals surface area contributed by atoms with E-state index in [2.05, 4.69) is 67.3 Å². The number of pyridine rings is 1. The van der Waals surface area contributed by atoms with Crippen molar-refractivity contribution in [1.29, 1.82) is 0 Å². The first-order valence-electron chi connectivity index (χ1n) is 13.9. The molecule has 0 amide bonds. The van der Waals surface area contributed by atoms with Gasteiger partial charge in [-0.25, -0.2) is 4.98 Å². The Morgan fingerprint density at radius 1 is 0.976 bits per heavy atom. The summed E-state index contributed by atoms with van der Waals surface area (Å²) in [6, 6.07) is 20.0. The Bertz CT molecular complexity index is 1570. The zero-order chi connectivity index (χ0) is 28.8. The molecular formula is C31H34ClN7O2. The van der Waals surface area contributed by atoms with Gasteiger partial charge >= 0.3 is 0 Å². The standard InChI is InChI=1S/C31H34ClN7O2/c1-4-6-11-27-34-30(32)28(29(40)24-16-18-33-19-17-24)38(27)20-22-12-14-23(15-13-22)25-9-7-8-10-26(25)31-35-36-37-39(31)21(3)41-5-2/h7-10,12-19,21,29,40H,4-6,11,20H2,1-3H3. The second-order valence-corrected chi connectivity index (χ2v) is 10.2. The molecule has 3 heterocycles. The molecule has 0 fully saturated rings. The molecule has 2 atom stereocenters. The molecule has 3 aromatic heterocycles. The van der Waals surface area contributed by atoms with Gasteiger partial charge < -0.3 is 14.4 Å².